The van der Waals surface area contributed by atoms with Crippen molar-refractivity contribution in [1.82, 2.24) is 9.78 Å². The molecule has 4 aromatic rings. The normalized spacial score (nSPS) is 12.0. The van der Waals surface area contributed by atoms with Crippen LogP contribution in [0, 0.1) is 6.92 Å². The Balaban J connectivity index is 1.80. The topological polar surface area (TPSA) is 29.9 Å². The van der Waals surface area contributed by atoms with E-state index in [9.17, 15) is 0 Å². The van der Waals surface area contributed by atoms with E-state index in [1.165, 1.54) is 22.5 Å². The fourth-order valence-electron chi connectivity index (χ4n) is 4.00. The van der Waals surface area contributed by atoms with E-state index in [0.717, 1.165) is 23.4 Å². The Morgan fingerprint density at radius 3 is 2.17 bits per heavy atom. The fourth-order valence-corrected chi connectivity index (χ4v) is 4.00. The molecule has 0 radical (unpaired) electrons. The second-order valence-electron chi connectivity index (χ2n) is 7.47. The summed E-state index contributed by atoms with van der Waals surface area (Å²) in [5.41, 5.74) is 8.35. The van der Waals surface area contributed by atoms with Crippen LogP contribution in [-0.4, -0.2) is 16.8 Å². The first-order chi connectivity index (χ1) is 14.2. The van der Waals surface area contributed by atoms with Crippen molar-refractivity contribution in [1.29, 1.82) is 0 Å². The Labute approximate surface area is 173 Å². The summed E-state index contributed by atoms with van der Waals surface area (Å²) in [6.07, 6.45) is 0.932. The zero-order valence-corrected chi connectivity index (χ0v) is 17.3. The number of anilines is 1. The number of benzene rings is 3. The Kier molecular flexibility index (Phi) is 5.48. The van der Waals surface area contributed by atoms with Crippen molar-refractivity contribution in [3.63, 3.8) is 0 Å². The minimum Gasteiger partial charge on any atom is -0.388 e. The first-order valence-electron chi connectivity index (χ1n) is 10.1. The lowest BCUT2D eigenvalue weighted by molar-refractivity contribution is 0.754. The van der Waals surface area contributed by atoms with E-state index in [1.54, 1.807) is 0 Å². The maximum atomic E-state index is 5.04. The van der Waals surface area contributed by atoms with E-state index < -0.39 is 0 Å². The van der Waals surface area contributed by atoms with Crippen molar-refractivity contribution in [2.75, 3.05) is 12.4 Å². The van der Waals surface area contributed by atoms with Crippen LogP contribution >= 0.6 is 0 Å². The molecule has 3 heteroatoms. The van der Waals surface area contributed by atoms with Gasteiger partial charge in [-0.05, 0) is 43.0 Å². The number of nitrogens with zero attached hydrogens (tertiary/aromatic N) is 2. The number of nitrogens with one attached hydrogen (secondary N) is 1. The summed E-state index contributed by atoms with van der Waals surface area (Å²) in [6.45, 7) is 4.47. The molecule has 1 aromatic heterocycles. The van der Waals surface area contributed by atoms with Crippen LogP contribution < -0.4 is 5.32 Å². The highest BCUT2D eigenvalue weighted by atomic mass is 15.3. The molecule has 0 amide bonds. The van der Waals surface area contributed by atoms with Crippen molar-refractivity contribution in [3.05, 3.63) is 102 Å². The van der Waals surface area contributed by atoms with Crippen LogP contribution in [-0.2, 0) is 6.42 Å². The highest BCUT2D eigenvalue weighted by molar-refractivity contribution is 5.65. The van der Waals surface area contributed by atoms with Gasteiger partial charge < -0.3 is 5.32 Å². The Morgan fingerprint density at radius 1 is 0.862 bits per heavy atom. The van der Waals surface area contributed by atoms with Crippen LogP contribution in [0.1, 0.15) is 29.7 Å². The van der Waals surface area contributed by atoms with E-state index in [-0.39, 0.29) is 0 Å². The van der Waals surface area contributed by atoms with Gasteiger partial charge in [-0.1, -0.05) is 73.7 Å². The van der Waals surface area contributed by atoms with Gasteiger partial charge in [-0.2, -0.15) is 5.10 Å². The van der Waals surface area contributed by atoms with Crippen LogP contribution in [0.4, 0.5) is 5.69 Å². The molecule has 0 aliphatic heterocycles. The van der Waals surface area contributed by atoms with Gasteiger partial charge in [0, 0.05) is 29.6 Å². The lowest BCUT2D eigenvalue weighted by Crippen LogP contribution is -2.05. The van der Waals surface area contributed by atoms with E-state index in [1.807, 2.05) is 13.1 Å². The summed E-state index contributed by atoms with van der Waals surface area (Å²) in [5.74, 6) is 0.369. The molecule has 1 N–H and O–H groups in total. The van der Waals surface area contributed by atoms with Crippen molar-refractivity contribution in [2.24, 2.45) is 0 Å². The SMILES string of the molecule is CNc1ccccc1C(C)Cc1c(-c2ccccc2)nn(-c2ccccc2)c1C. The van der Waals surface area contributed by atoms with Crippen molar-refractivity contribution < 1.29 is 0 Å². The van der Waals surface area contributed by atoms with Crippen LogP contribution in [0.25, 0.3) is 16.9 Å². The van der Waals surface area contributed by atoms with Crippen LogP contribution in [0.2, 0.25) is 0 Å². The number of para-hydroxylation sites is 2. The fraction of sp³-hybridized carbons (Fsp3) is 0.192. The van der Waals surface area contributed by atoms with E-state index in [0.29, 0.717) is 5.92 Å². The van der Waals surface area contributed by atoms with Gasteiger partial charge in [0.25, 0.3) is 0 Å². The molecule has 3 nitrogen and oxygen atoms in total. The second kappa shape index (κ2) is 8.36. The quantitative estimate of drug-likeness (QED) is 0.429. The lowest BCUT2D eigenvalue weighted by Gasteiger charge is -2.17. The van der Waals surface area contributed by atoms with E-state index >= 15 is 0 Å². The third-order valence-electron chi connectivity index (χ3n) is 5.56. The molecule has 1 heterocycles. The molecule has 0 aliphatic carbocycles. The minimum absolute atomic E-state index is 0.369. The molecule has 1 atom stereocenters. The predicted molar refractivity (Wildman–Crippen MR) is 122 cm³/mol. The molecular weight excluding hydrogens is 354 g/mol. The highest BCUT2D eigenvalue weighted by Gasteiger charge is 2.20. The first-order valence-corrected chi connectivity index (χ1v) is 10.1. The maximum absolute atomic E-state index is 5.04. The third kappa shape index (κ3) is 3.81. The van der Waals surface area contributed by atoms with Gasteiger partial charge in [-0.15, -0.1) is 0 Å². The molecule has 0 saturated carbocycles. The minimum atomic E-state index is 0.369. The summed E-state index contributed by atoms with van der Waals surface area (Å²) >= 11 is 0. The summed E-state index contributed by atoms with van der Waals surface area (Å²) in [6, 6.07) is 29.4. The number of hydrogen-bond donors (Lipinski definition) is 1. The van der Waals surface area contributed by atoms with E-state index in [4.69, 9.17) is 5.10 Å². The zero-order valence-electron chi connectivity index (χ0n) is 17.3. The Morgan fingerprint density at radius 2 is 1.48 bits per heavy atom. The summed E-state index contributed by atoms with van der Waals surface area (Å²) < 4.78 is 2.08. The molecule has 0 bridgehead atoms. The van der Waals surface area contributed by atoms with Gasteiger partial charge >= 0.3 is 0 Å². The second-order valence-corrected chi connectivity index (χ2v) is 7.47. The molecule has 29 heavy (non-hydrogen) atoms. The molecule has 0 aliphatic rings. The summed E-state index contributed by atoms with van der Waals surface area (Å²) in [7, 11) is 1.99. The highest BCUT2D eigenvalue weighted by Crippen LogP contribution is 2.33. The lowest BCUT2D eigenvalue weighted by atomic mass is 9.90. The number of aromatic nitrogens is 2. The average molecular weight is 382 g/mol. The summed E-state index contributed by atoms with van der Waals surface area (Å²) in [4.78, 5) is 0. The maximum Gasteiger partial charge on any atom is 0.0962 e. The molecular formula is C26H27N3. The van der Waals surface area contributed by atoms with Crippen molar-refractivity contribution >= 4 is 5.69 Å². The zero-order chi connectivity index (χ0) is 20.2. The number of hydrogen-bond acceptors (Lipinski definition) is 2. The van der Waals surface area contributed by atoms with Crippen molar-refractivity contribution in [3.8, 4) is 16.9 Å². The van der Waals surface area contributed by atoms with Crippen molar-refractivity contribution in [2.45, 2.75) is 26.2 Å². The smallest absolute Gasteiger partial charge is 0.0962 e. The molecule has 1 unspecified atom stereocenters. The standard InChI is InChI=1S/C26H27N3/c1-19(23-16-10-11-17-25(23)27-3)18-24-20(2)29(22-14-8-5-9-15-22)28-26(24)21-12-6-4-7-13-21/h4-17,19,27H,18H2,1-3H3. The molecule has 3 aromatic carbocycles. The molecule has 0 saturated heterocycles. The predicted octanol–water partition coefficient (Wildman–Crippen LogP) is 6.24. The van der Waals surface area contributed by atoms with Gasteiger partial charge in [0.2, 0.25) is 0 Å². The van der Waals surface area contributed by atoms with Crippen LogP contribution in [0.3, 0.4) is 0 Å². The first kappa shape index (κ1) is 19.0. The molecule has 146 valence electrons. The molecule has 0 spiro atoms. The van der Waals surface area contributed by atoms with Gasteiger partial charge in [0.1, 0.15) is 0 Å². The third-order valence-corrected chi connectivity index (χ3v) is 5.56. The number of rotatable bonds is 6. The van der Waals surface area contributed by atoms with Crippen LogP contribution in [0.15, 0.2) is 84.9 Å². The average Bonchev–Trinajstić information content (AvgIpc) is 3.11. The van der Waals surface area contributed by atoms with Gasteiger partial charge in [0.05, 0.1) is 11.4 Å². The summed E-state index contributed by atoms with van der Waals surface area (Å²) in [5, 5.41) is 8.37. The van der Waals surface area contributed by atoms with Crippen LogP contribution in [0.5, 0.6) is 0 Å². The largest absolute Gasteiger partial charge is 0.388 e. The van der Waals surface area contributed by atoms with Gasteiger partial charge in [0.15, 0.2) is 0 Å². The van der Waals surface area contributed by atoms with E-state index in [2.05, 4.69) is 103 Å². The monoisotopic (exact) mass is 381 g/mol. The Hall–Kier alpha value is -3.33. The molecule has 0 fully saturated rings. The van der Waals surface area contributed by atoms with Gasteiger partial charge in [-0.3, -0.25) is 0 Å². The Bertz CT molecular complexity index is 1080. The van der Waals surface area contributed by atoms with Gasteiger partial charge in [-0.25, -0.2) is 4.68 Å². The molecule has 4 rings (SSSR count).